The Bertz CT molecular complexity index is 589. The number of aromatic nitrogens is 2. The zero-order valence-electron chi connectivity index (χ0n) is 8.89. The molecule has 18 heavy (non-hydrogen) atoms. The van der Waals surface area contributed by atoms with Gasteiger partial charge in [-0.2, -0.15) is 0 Å². The van der Waals surface area contributed by atoms with Gasteiger partial charge < -0.3 is 10.4 Å². The van der Waals surface area contributed by atoms with Crippen molar-refractivity contribution in [3.63, 3.8) is 0 Å². The molecule has 2 aromatic rings. The smallest absolute Gasteiger partial charge is 0.356 e. The Morgan fingerprint density at radius 3 is 2.67 bits per heavy atom. The molecular formula is C11H7BrFN3O2. The molecule has 0 spiro atoms. The van der Waals surface area contributed by atoms with Gasteiger partial charge in [-0.25, -0.2) is 9.18 Å². The van der Waals surface area contributed by atoms with Crippen LogP contribution in [0.3, 0.4) is 0 Å². The first kappa shape index (κ1) is 12.4. The van der Waals surface area contributed by atoms with Crippen LogP contribution in [0.5, 0.6) is 0 Å². The molecule has 7 heteroatoms. The highest BCUT2D eigenvalue weighted by Gasteiger charge is 2.07. The highest BCUT2D eigenvalue weighted by molar-refractivity contribution is 9.10. The number of hydrogen-bond donors (Lipinski definition) is 2. The van der Waals surface area contributed by atoms with Gasteiger partial charge in [0.2, 0.25) is 0 Å². The average molecular weight is 312 g/mol. The van der Waals surface area contributed by atoms with Crippen molar-refractivity contribution < 1.29 is 14.3 Å². The SMILES string of the molecule is O=C(O)c1ccc(Nc2cc(F)ccc2Br)nn1. The first-order valence-corrected chi connectivity index (χ1v) is 5.64. The van der Waals surface area contributed by atoms with E-state index in [1.165, 1.54) is 24.3 Å². The van der Waals surface area contributed by atoms with Crippen molar-refractivity contribution in [2.45, 2.75) is 0 Å². The number of rotatable bonds is 3. The van der Waals surface area contributed by atoms with Gasteiger partial charge in [0, 0.05) is 4.47 Å². The van der Waals surface area contributed by atoms with E-state index in [0.29, 0.717) is 16.0 Å². The summed E-state index contributed by atoms with van der Waals surface area (Å²) in [7, 11) is 0. The molecule has 0 aliphatic carbocycles. The van der Waals surface area contributed by atoms with Gasteiger partial charge in [-0.3, -0.25) is 0 Å². The van der Waals surface area contributed by atoms with Gasteiger partial charge in [-0.05, 0) is 46.3 Å². The number of nitrogens with one attached hydrogen (secondary N) is 1. The number of carbonyl (C=O) groups is 1. The standard InChI is InChI=1S/C11H7BrFN3O2/c12-7-2-1-6(13)5-9(7)14-10-4-3-8(11(17)18)15-16-10/h1-5H,(H,14,16)(H,17,18). The molecule has 5 nitrogen and oxygen atoms in total. The summed E-state index contributed by atoms with van der Waals surface area (Å²) in [5.41, 5.74) is 0.325. The number of nitrogens with zero attached hydrogens (tertiary/aromatic N) is 2. The van der Waals surface area contributed by atoms with Crippen LogP contribution in [-0.2, 0) is 0 Å². The van der Waals surface area contributed by atoms with E-state index in [-0.39, 0.29) is 5.69 Å². The van der Waals surface area contributed by atoms with E-state index in [1.807, 2.05) is 0 Å². The molecular weight excluding hydrogens is 305 g/mol. The van der Waals surface area contributed by atoms with Crippen LogP contribution in [0.25, 0.3) is 0 Å². The normalized spacial score (nSPS) is 10.1. The lowest BCUT2D eigenvalue weighted by atomic mass is 10.3. The maximum Gasteiger partial charge on any atom is 0.356 e. The average Bonchev–Trinajstić information content (AvgIpc) is 2.34. The van der Waals surface area contributed by atoms with Crippen molar-refractivity contribution in [2.24, 2.45) is 0 Å². The van der Waals surface area contributed by atoms with E-state index in [9.17, 15) is 9.18 Å². The van der Waals surface area contributed by atoms with Crippen molar-refractivity contribution in [1.29, 1.82) is 0 Å². The molecule has 0 bridgehead atoms. The molecule has 0 radical (unpaired) electrons. The second-order valence-corrected chi connectivity index (χ2v) is 4.21. The number of carboxylic acid groups (broad SMARTS) is 1. The number of aromatic carboxylic acids is 1. The molecule has 0 amide bonds. The molecule has 2 rings (SSSR count). The van der Waals surface area contributed by atoms with Crippen LogP contribution >= 0.6 is 15.9 Å². The van der Waals surface area contributed by atoms with E-state index < -0.39 is 11.8 Å². The highest BCUT2D eigenvalue weighted by atomic mass is 79.9. The number of carboxylic acids is 1. The van der Waals surface area contributed by atoms with Gasteiger partial charge in [-0.1, -0.05) is 0 Å². The number of benzene rings is 1. The van der Waals surface area contributed by atoms with E-state index in [2.05, 4.69) is 31.4 Å². The largest absolute Gasteiger partial charge is 0.476 e. The Balaban J connectivity index is 2.23. The zero-order valence-corrected chi connectivity index (χ0v) is 10.5. The fourth-order valence-corrected chi connectivity index (χ4v) is 1.59. The molecule has 0 aliphatic heterocycles. The van der Waals surface area contributed by atoms with Crippen LogP contribution in [0, 0.1) is 5.82 Å². The summed E-state index contributed by atoms with van der Waals surface area (Å²) in [5, 5.41) is 18.7. The van der Waals surface area contributed by atoms with Gasteiger partial charge in [-0.15, -0.1) is 10.2 Å². The van der Waals surface area contributed by atoms with Crippen LogP contribution < -0.4 is 5.32 Å². The third-order valence-corrected chi connectivity index (χ3v) is 2.77. The molecule has 1 heterocycles. The van der Waals surface area contributed by atoms with E-state index >= 15 is 0 Å². The fourth-order valence-electron chi connectivity index (χ4n) is 1.24. The molecule has 0 unspecified atom stereocenters. The fraction of sp³-hybridized carbons (Fsp3) is 0. The van der Waals surface area contributed by atoms with Crippen LogP contribution in [-0.4, -0.2) is 21.3 Å². The summed E-state index contributed by atoms with van der Waals surface area (Å²) in [6, 6.07) is 6.92. The van der Waals surface area contributed by atoms with Crippen molar-refractivity contribution in [1.82, 2.24) is 10.2 Å². The molecule has 92 valence electrons. The predicted molar refractivity (Wildman–Crippen MR) is 66.4 cm³/mol. The number of anilines is 2. The predicted octanol–water partition coefficient (Wildman–Crippen LogP) is 2.82. The lowest BCUT2D eigenvalue weighted by molar-refractivity contribution is 0.0689. The van der Waals surface area contributed by atoms with Gasteiger partial charge in [0.15, 0.2) is 11.5 Å². The molecule has 1 aromatic carbocycles. The Hall–Kier alpha value is -2.02. The second kappa shape index (κ2) is 5.09. The molecule has 0 saturated heterocycles. The lowest BCUT2D eigenvalue weighted by Gasteiger charge is -2.07. The van der Waals surface area contributed by atoms with E-state index in [4.69, 9.17) is 5.11 Å². The Morgan fingerprint density at radius 2 is 2.06 bits per heavy atom. The summed E-state index contributed by atoms with van der Waals surface area (Å²) in [4.78, 5) is 10.6. The highest BCUT2D eigenvalue weighted by Crippen LogP contribution is 2.25. The maximum absolute atomic E-state index is 13.0. The topological polar surface area (TPSA) is 75.1 Å². The Morgan fingerprint density at radius 1 is 1.28 bits per heavy atom. The van der Waals surface area contributed by atoms with Gasteiger partial charge >= 0.3 is 5.97 Å². The first-order chi connectivity index (χ1) is 8.56. The molecule has 2 N–H and O–H groups in total. The number of halogens is 2. The molecule has 0 aliphatic rings. The quantitative estimate of drug-likeness (QED) is 0.911. The van der Waals surface area contributed by atoms with E-state index in [0.717, 1.165) is 0 Å². The minimum absolute atomic E-state index is 0.154. The van der Waals surface area contributed by atoms with Crippen LogP contribution in [0.2, 0.25) is 0 Å². The van der Waals surface area contributed by atoms with Crippen molar-refractivity contribution in [2.75, 3.05) is 5.32 Å². The Kier molecular flexibility index (Phi) is 3.52. The number of hydrogen-bond acceptors (Lipinski definition) is 4. The third-order valence-electron chi connectivity index (χ3n) is 2.07. The minimum Gasteiger partial charge on any atom is -0.476 e. The third kappa shape index (κ3) is 2.80. The van der Waals surface area contributed by atoms with Gasteiger partial charge in [0.05, 0.1) is 5.69 Å². The van der Waals surface area contributed by atoms with Crippen LogP contribution in [0.15, 0.2) is 34.8 Å². The van der Waals surface area contributed by atoms with Gasteiger partial charge in [0.1, 0.15) is 5.82 Å². The molecule has 0 atom stereocenters. The Labute approximate surface area is 110 Å². The maximum atomic E-state index is 13.0. The van der Waals surface area contributed by atoms with Gasteiger partial charge in [0.25, 0.3) is 0 Å². The summed E-state index contributed by atoms with van der Waals surface area (Å²) >= 11 is 3.25. The van der Waals surface area contributed by atoms with Crippen molar-refractivity contribution in [3.8, 4) is 0 Å². The van der Waals surface area contributed by atoms with Crippen LogP contribution in [0.4, 0.5) is 15.9 Å². The first-order valence-electron chi connectivity index (χ1n) is 4.85. The zero-order chi connectivity index (χ0) is 13.1. The summed E-state index contributed by atoms with van der Waals surface area (Å²) in [6.45, 7) is 0. The monoisotopic (exact) mass is 311 g/mol. The molecule has 0 saturated carbocycles. The van der Waals surface area contributed by atoms with E-state index in [1.54, 1.807) is 6.07 Å². The second-order valence-electron chi connectivity index (χ2n) is 3.36. The van der Waals surface area contributed by atoms with Crippen molar-refractivity contribution >= 4 is 33.4 Å². The minimum atomic E-state index is -1.15. The lowest BCUT2D eigenvalue weighted by Crippen LogP contribution is -2.03. The summed E-state index contributed by atoms with van der Waals surface area (Å²) < 4.78 is 13.7. The molecule has 1 aromatic heterocycles. The summed E-state index contributed by atoms with van der Waals surface area (Å²) in [6.07, 6.45) is 0. The van der Waals surface area contributed by atoms with Crippen molar-refractivity contribution in [3.05, 3.63) is 46.3 Å². The summed E-state index contributed by atoms with van der Waals surface area (Å²) in [5.74, 6) is -1.22. The van der Waals surface area contributed by atoms with Crippen LogP contribution in [0.1, 0.15) is 10.5 Å². The molecule has 0 fully saturated rings.